The Hall–Kier alpha value is -2.63. The summed E-state index contributed by atoms with van der Waals surface area (Å²) < 4.78 is 5.28. The van der Waals surface area contributed by atoms with Crippen molar-refractivity contribution in [1.29, 1.82) is 0 Å². The Morgan fingerprint density at radius 2 is 1.88 bits per heavy atom. The van der Waals surface area contributed by atoms with Gasteiger partial charge in [0.25, 0.3) is 5.91 Å². The van der Waals surface area contributed by atoms with Gasteiger partial charge >= 0.3 is 0 Å². The molecule has 0 saturated heterocycles. The molecule has 0 unspecified atom stereocenters. The van der Waals surface area contributed by atoms with Gasteiger partial charge in [0.15, 0.2) is 11.5 Å². The quantitative estimate of drug-likeness (QED) is 0.713. The maximum atomic E-state index is 12.4. The van der Waals surface area contributed by atoms with Crippen LogP contribution in [0.25, 0.3) is 11.3 Å². The third-order valence-electron chi connectivity index (χ3n) is 3.90. The van der Waals surface area contributed by atoms with Gasteiger partial charge in [-0.05, 0) is 37.4 Å². The van der Waals surface area contributed by atoms with Gasteiger partial charge in [0, 0.05) is 29.7 Å². The fraction of sp³-hybridized carbons (Fsp3) is 0.200. The number of carbonyl (C=O) groups excluding carboxylic acids is 1. The van der Waals surface area contributed by atoms with E-state index in [2.05, 4.69) is 21.4 Å². The molecule has 0 spiro atoms. The van der Waals surface area contributed by atoms with Gasteiger partial charge in [0.05, 0.1) is 0 Å². The van der Waals surface area contributed by atoms with Crippen molar-refractivity contribution >= 4 is 17.5 Å². The minimum Gasteiger partial charge on any atom is -0.355 e. The molecule has 0 fully saturated rings. The molecule has 5 nitrogen and oxygen atoms in total. The largest absolute Gasteiger partial charge is 0.355 e. The molecule has 1 aromatic heterocycles. The van der Waals surface area contributed by atoms with E-state index in [9.17, 15) is 4.79 Å². The molecule has 0 aliphatic rings. The van der Waals surface area contributed by atoms with Crippen molar-refractivity contribution in [1.82, 2.24) is 15.4 Å². The molecule has 3 rings (SSSR count). The number of aromatic nitrogens is 1. The van der Waals surface area contributed by atoms with E-state index >= 15 is 0 Å². The van der Waals surface area contributed by atoms with Crippen LogP contribution in [0.3, 0.4) is 0 Å². The van der Waals surface area contributed by atoms with Crippen molar-refractivity contribution in [2.24, 2.45) is 0 Å². The number of benzene rings is 2. The topological polar surface area (TPSA) is 58.4 Å². The minimum atomic E-state index is -0.276. The monoisotopic (exact) mass is 369 g/mol. The summed E-state index contributed by atoms with van der Waals surface area (Å²) in [5, 5.41) is 7.37. The summed E-state index contributed by atoms with van der Waals surface area (Å²) >= 11 is 5.99. The normalized spacial score (nSPS) is 10.9. The second kappa shape index (κ2) is 8.17. The summed E-state index contributed by atoms with van der Waals surface area (Å²) in [5.41, 5.74) is 3.27. The van der Waals surface area contributed by atoms with Gasteiger partial charge in [-0.3, -0.25) is 4.79 Å². The number of carbonyl (C=O) groups is 1. The maximum absolute atomic E-state index is 12.4. The van der Waals surface area contributed by atoms with Crippen LogP contribution in [0.4, 0.5) is 0 Å². The zero-order chi connectivity index (χ0) is 18.5. The Morgan fingerprint density at radius 3 is 2.62 bits per heavy atom. The van der Waals surface area contributed by atoms with E-state index < -0.39 is 0 Å². The number of rotatable bonds is 6. The third-order valence-corrected chi connectivity index (χ3v) is 4.13. The number of hydrogen-bond donors (Lipinski definition) is 1. The Bertz CT molecular complexity index is 905. The van der Waals surface area contributed by atoms with Gasteiger partial charge in [0.2, 0.25) is 0 Å². The van der Waals surface area contributed by atoms with Gasteiger partial charge in [0.1, 0.15) is 0 Å². The second-order valence-electron chi connectivity index (χ2n) is 6.28. The molecule has 134 valence electrons. The highest BCUT2D eigenvalue weighted by Crippen LogP contribution is 2.23. The second-order valence-corrected chi connectivity index (χ2v) is 6.71. The highest BCUT2D eigenvalue weighted by atomic mass is 35.5. The summed E-state index contributed by atoms with van der Waals surface area (Å²) in [5.74, 6) is 0.229. The molecule has 0 saturated carbocycles. The predicted octanol–water partition coefficient (Wildman–Crippen LogP) is 3.99. The van der Waals surface area contributed by atoms with Crippen LogP contribution in [0, 0.1) is 0 Å². The molecule has 0 bridgehead atoms. The van der Waals surface area contributed by atoms with Crippen molar-refractivity contribution in [3.63, 3.8) is 0 Å². The molecular formula is C20H20ClN3O2. The SMILES string of the molecule is CN(C)Cc1ccccc1CNC(=O)c1cc(-c2cccc(Cl)c2)on1. The Labute approximate surface area is 157 Å². The van der Waals surface area contributed by atoms with Crippen molar-refractivity contribution < 1.29 is 9.32 Å². The third kappa shape index (κ3) is 4.50. The van der Waals surface area contributed by atoms with Crippen LogP contribution in [-0.2, 0) is 13.1 Å². The van der Waals surface area contributed by atoms with E-state index in [0.717, 1.165) is 17.7 Å². The number of nitrogens with one attached hydrogen (secondary N) is 1. The Kier molecular flexibility index (Phi) is 5.71. The first-order valence-electron chi connectivity index (χ1n) is 8.25. The lowest BCUT2D eigenvalue weighted by Crippen LogP contribution is -2.24. The first-order chi connectivity index (χ1) is 12.5. The zero-order valence-electron chi connectivity index (χ0n) is 14.7. The van der Waals surface area contributed by atoms with E-state index in [0.29, 0.717) is 17.3 Å². The number of hydrogen-bond acceptors (Lipinski definition) is 4. The fourth-order valence-corrected chi connectivity index (χ4v) is 2.84. The first kappa shape index (κ1) is 18.2. The number of halogens is 1. The molecule has 0 radical (unpaired) electrons. The summed E-state index contributed by atoms with van der Waals surface area (Å²) in [7, 11) is 4.03. The van der Waals surface area contributed by atoms with Crippen LogP contribution < -0.4 is 5.32 Å². The number of amides is 1. The predicted molar refractivity (Wildman–Crippen MR) is 102 cm³/mol. The number of nitrogens with zero attached hydrogens (tertiary/aromatic N) is 2. The van der Waals surface area contributed by atoms with Gasteiger partial charge < -0.3 is 14.7 Å². The lowest BCUT2D eigenvalue weighted by molar-refractivity contribution is 0.0942. The van der Waals surface area contributed by atoms with Gasteiger partial charge in [-0.1, -0.05) is 53.2 Å². The molecular weight excluding hydrogens is 350 g/mol. The zero-order valence-corrected chi connectivity index (χ0v) is 15.5. The van der Waals surface area contributed by atoms with Crippen LogP contribution in [0.5, 0.6) is 0 Å². The average molecular weight is 370 g/mol. The molecule has 2 aromatic carbocycles. The molecule has 0 atom stereocenters. The molecule has 26 heavy (non-hydrogen) atoms. The fourth-order valence-electron chi connectivity index (χ4n) is 2.65. The van der Waals surface area contributed by atoms with E-state index in [-0.39, 0.29) is 11.6 Å². The summed E-state index contributed by atoms with van der Waals surface area (Å²) in [4.78, 5) is 14.5. The van der Waals surface area contributed by atoms with E-state index in [1.165, 1.54) is 5.56 Å². The Morgan fingerprint density at radius 1 is 1.12 bits per heavy atom. The van der Waals surface area contributed by atoms with E-state index in [1.807, 2.05) is 44.4 Å². The van der Waals surface area contributed by atoms with Crippen molar-refractivity contribution in [3.8, 4) is 11.3 Å². The molecule has 6 heteroatoms. The minimum absolute atomic E-state index is 0.241. The molecule has 1 heterocycles. The summed E-state index contributed by atoms with van der Waals surface area (Å²) in [6.07, 6.45) is 0. The van der Waals surface area contributed by atoms with Crippen molar-refractivity contribution in [2.45, 2.75) is 13.1 Å². The van der Waals surface area contributed by atoms with Gasteiger partial charge in [-0.25, -0.2) is 0 Å². The lowest BCUT2D eigenvalue weighted by Gasteiger charge is -2.14. The highest BCUT2D eigenvalue weighted by Gasteiger charge is 2.14. The smallest absolute Gasteiger partial charge is 0.273 e. The van der Waals surface area contributed by atoms with Gasteiger partial charge in [-0.2, -0.15) is 0 Å². The van der Waals surface area contributed by atoms with Crippen molar-refractivity contribution in [2.75, 3.05) is 14.1 Å². The summed E-state index contributed by atoms with van der Waals surface area (Å²) in [6.45, 7) is 1.25. The molecule has 1 amide bonds. The summed E-state index contributed by atoms with van der Waals surface area (Å²) in [6, 6.07) is 16.9. The first-order valence-corrected chi connectivity index (χ1v) is 8.63. The van der Waals surface area contributed by atoms with Gasteiger partial charge in [-0.15, -0.1) is 0 Å². The molecule has 0 aliphatic carbocycles. The molecule has 0 aliphatic heterocycles. The average Bonchev–Trinajstić information content (AvgIpc) is 3.10. The molecule has 1 N–H and O–H groups in total. The van der Waals surface area contributed by atoms with Crippen LogP contribution in [0.1, 0.15) is 21.6 Å². The van der Waals surface area contributed by atoms with Crippen LogP contribution in [-0.4, -0.2) is 30.1 Å². The highest BCUT2D eigenvalue weighted by molar-refractivity contribution is 6.30. The van der Waals surface area contributed by atoms with E-state index in [1.54, 1.807) is 18.2 Å². The van der Waals surface area contributed by atoms with Crippen molar-refractivity contribution in [3.05, 3.63) is 76.4 Å². The molecule has 3 aromatic rings. The lowest BCUT2D eigenvalue weighted by atomic mass is 10.1. The van der Waals surface area contributed by atoms with Crippen LogP contribution in [0.2, 0.25) is 5.02 Å². The standard InChI is InChI=1S/C20H20ClN3O2/c1-24(2)13-16-7-4-3-6-15(16)12-22-20(25)18-11-19(26-23-18)14-8-5-9-17(21)10-14/h3-11H,12-13H2,1-2H3,(H,22,25). The maximum Gasteiger partial charge on any atom is 0.273 e. The van der Waals surface area contributed by atoms with E-state index in [4.69, 9.17) is 16.1 Å². The Balaban J connectivity index is 1.68. The van der Waals surface area contributed by atoms with Crippen LogP contribution >= 0.6 is 11.6 Å². The van der Waals surface area contributed by atoms with Crippen LogP contribution in [0.15, 0.2) is 59.1 Å².